The lowest BCUT2D eigenvalue weighted by molar-refractivity contribution is 0.373. The number of hydrogen-bond donors (Lipinski definition) is 1. The van der Waals surface area contributed by atoms with Crippen molar-refractivity contribution in [2.75, 3.05) is 13.1 Å². The summed E-state index contributed by atoms with van der Waals surface area (Å²) in [5.41, 5.74) is 3.43. The Morgan fingerprint density at radius 1 is 1.44 bits per heavy atom. The first kappa shape index (κ1) is 11.6. The molecule has 1 fully saturated rings. The van der Waals surface area contributed by atoms with E-state index in [2.05, 4.69) is 24.4 Å². The van der Waals surface area contributed by atoms with Gasteiger partial charge in [0.1, 0.15) is 6.17 Å². The van der Waals surface area contributed by atoms with Crippen LogP contribution in [-0.2, 0) is 0 Å². The van der Waals surface area contributed by atoms with Crippen molar-refractivity contribution in [2.24, 2.45) is 0 Å². The second-order valence-corrected chi connectivity index (χ2v) is 4.78. The van der Waals surface area contributed by atoms with Crippen LogP contribution < -0.4 is 5.32 Å². The van der Waals surface area contributed by atoms with Crippen molar-refractivity contribution in [1.82, 2.24) is 5.32 Å². The molecule has 0 aromatic heterocycles. The Kier molecular flexibility index (Phi) is 3.59. The summed E-state index contributed by atoms with van der Waals surface area (Å²) in [6.07, 6.45) is 1.58. The molecule has 1 N–H and O–H groups in total. The highest BCUT2D eigenvalue weighted by Gasteiger charge is 2.18. The molecule has 0 radical (unpaired) electrons. The molecule has 1 heterocycles. The lowest BCUT2D eigenvalue weighted by Crippen LogP contribution is -2.28. The van der Waals surface area contributed by atoms with Crippen LogP contribution in [0.5, 0.6) is 0 Å². The van der Waals surface area contributed by atoms with E-state index in [1.165, 1.54) is 24.0 Å². The topological polar surface area (TPSA) is 12.0 Å². The van der Waals surface area contributed by atoms with E-state index in [1.54, 1.807) is 6.92 Å². The van der Waals surface area contributed by atoms with Crippen LogP contribution >= 0.6 is 0 Å². The first-order valence-electron chi connectivity index (χ1n) is 6.13. The van der Waals surface area contributed by atoms with Gasteiger partial charge in [-0.25, -0.2) is 4.39 Å². The van der Waals surface area contributed by atoms with Gasteiger partial charge in [-0.15, -0.1) is 0 Å². The zero-order valence-corrected chi connectivity index (χ0v) is 10.1. The molecule has 2 heteroatoms. The minimum absolute atomic E-state index is 0.562. The summed E-state index contributed by atoms with van der Waals surface area (Å²) >= 11 is 0. The van der Waals surface area contributed by atoms with Crippen LogP contribution in [0, 0.1) is 6.92 Å². The lowest BCUT2D eigenvalue weighted by atomic mass is 9.87. The second kappa shape index (κ2) is 4.96. The van der Waals surface area contributed by atoms with Crippen molar-refractivity contribution < 1.29 is 4.39 Å². The van der Waals surface area contributed by atoms with Gasteiger partial charge in [-0.2, -0.15) is 0 Å². The quantitative estimate of drug-likeness (QED) is 0.806. The summed E-state index contributed by atoms with van der Waals surface area (Å²) in [4.78, 5) is 0. The molecule has 88 valence electrons. The molecule has 1 aromatic carbocycles. The summed E-state index contributed by atoms with van der Waals surface area (Å²) in [5, 5.41) is 3.42. The van der Waals surface area contributed by atoms with Crippen molar-refractivity contribution in [3.63, 3.8) is 0 Å². The van der Waals surface area contributed by atoms with Gasteiger partial charge in [-0.1, -0.05) is 18.2 Å². The molecule has 1 saturated heterocycles. The van der Waals surface area contributed by atoms with Crippen LogP contribution in [0.1, 0.15) is 48.5 Å². The average Bonchev–Trinajstić information content (AvgIpc) is 2.30. The Bertz CT molecular complexity index is 354. The SMILES string of the molecule is Cc1ccc(C(C)F)cc1C1CCCNC1. The fraction of sp³-hybridized carbons (Fsp3) is 0.571. The molecule has 0 aliphatic carbocycles. The highest BCUT2D eigenvalue weighted by atomic mass is 19.1. The third kappa shape index (κ3) is 2.43. The lowest BCUT2D eigenvalue weighted by Gasteiger charge is -2.25. The summed E-state index contributed by atoms with van der Waals surface area (Å²) in [6, 6.07) is 6.01. The molecule has 1 nitrogen and oxygen atoms in total. The predicted molar refractivity (Wildman–Crippen MR) is 65.5 cm³/mol. The number of rotatable bonds is 2. The molecular weight excluding hydrogens is 201 g/mol. The standard InChI is InChI=1S/C14H20FN/c1-10-5-6-12(11(2)15)8-14(10)13-4-3-7-16-9-13/h5-6,8,11,13,16H,3-4,7,9H2,1-2H3. The number of nitrogens with one attached hydrogen (secondary N) is 1. The van der Waals surface area contributed by atoms with Crippen molar-refractivity contribution in [1.29, 1.82) is 0 Å². The number of hydrogen-bond acceptors (Lipinski definition) is 1. The van der Waals surface area contributed by atoms with Gasteiger partial charge in [-0.05, 0) is 55.8 Å². The highest BCUT2D eigenvalue weighted by Crippen LogP contribution is 2.29. The molecule has 1 aliphatic heterocycles. The number of benzene rings is 1. The molecule has 1 aliphatic rings. The summed E-state index contributed by atoms with van der Waals surface area (Å²) in [6.45, 7) is 5.88. The monoisotopic (exact) mass is 221 g/mol. The fourth-order valence-electron chi connectivity index (χ4n) is 2.46. The Morgan fingerprint density at radius 3 is 2.88 bits per heavy atom. The molecular formula is C14H20FN. The van der Waals surface area contributed by atoms with E-state index in [9.17, 15) is 4.39 Å². The van der Waals surface area contributed by atoms with Gasteiger partial charge < -0.3 is 5.32 Å². The molecule has 1 aromatic rings. The van der Waals surface area contributed by atoms with Crippen LogP contribution in [0.15, 0.2) is 18.2 Å². The van der Waals surface area contributed by atoms with E-state index in [4.69, 9.17) is 0 Å². The maximum atomic E-state index is 13.3. The van der Waals surface area contributed by atoms with Gasteiger partial charge in [0.05, 0.1) is 0 Å². The molecule has 2 atom stereocenters. The number of halogens is 1. The minimum atomic E-state index is -0.865. The predicted octanol–water partition coefficient (Wildman–Crippen LogP) is 3.49. The summed E-state index contributed by atoms with van der Waals surface area (Å²) in [7, 11) is 0. The Morgan fingerprint density at radius 2 is 2.25 bits per heavy atom. The van der Waals surface area contributed by atoms with Crippen LogP contribution in [0.3, 0.4) is 0 Å². The van der Waals surface area contributed by atoms with Crippen LogP contribution in [0.4, 0.5) is 4.39 Å². The van der Waals surface area contributed by atoms with Gasteiger partial charge in [0.2, 0.25) is 0 Å². The summed E-state index contributed by atoms with van der Waals surface area (Å²) in [5.74, 6) is 0.562. The van der Waals surface area contributed by atoms with Crippen molar-refractivity contribution >= 4 is 0 Å². The van der Waals surface area contributed by atoms with Crippen molar-refractivity contribution in [2.45, 2.75) is 38.8 Å². The number of alkyl halides is 1. The Balaban J connectivity index is 2.27. The normalized spacial score (nSPS) is 23.1. The molecule has 0 spiro atoms. The molecule has 2 unspecified atom stereocenters. The van der Waals surface area contributed by atoms with Crippen molar-refractivity contribution in [3.8, 4) is 0 Å². The largest absolute Gasteiger partial charge is 0.316 e. The zero-order chi connectivity index (χ0) is 11.5. The Hall–Kier alpha value is -0.890. The van der Waals surface area contributed by atoms with E-state index < -0.39 is 6.17 Å². The third-order valence-corrected chi connectivity index (χ3v) is 3.50. The van der Waals surface area contributed by atoms with Crippen molar-refractivity contribution in [3.05, 3.63) is 34.9 Å². The molecule has 16 heavy (non-hydrogen) atoms. The van der Waals surface area contributed by atoms with Gasteiger partial charge in [0, 0.05) is 6.54 Å². The van der Waals surface area contributed by atoms with Gasteiger partial charge in [0.15, 0.2) is 0 Å². The fourth-order valence-corrected chi connectivity index (χ4v) is 2.46. The number of aryl methyl sites for hydroxylation is 1. The number of piperidine rings is 1. The zero-order valence-electron chi connectivity index (χ0n) is 10.1. The third-order valence-electron chi connectivity index (χ3n) is 3.50. The highest BCUT2D eigenvalue weighted by molar-refractivity contribution is 5.35. The Labute approximate surface area is 97.1 Å². The van der Waals surface area contributed by atoms with Crippen LogP contribution in [-0.4, -0.2) is 13.1 Å². The van der Waals surface area contributed by atoms with E-state index in [1.807, 2.05) is 6.07 Å². The smallest absolute Gasteiger partial charge is 0.122 e. The second-order valence-electron chi connectivity index (χ2n) is 4.78. The molecule has 0 saturated carbocycles. The average molecular weight is 221 g/mol. The molecule has 2 rings (SSSR count). The van der Waals surface area contributed by atoms with E-state index in [0.29, 0.717) is 5.92 Å². The van der Waals surface area contributed by atoms with E-state index >= 15 is 0 Å². The molecule has 0 bridgehead atoms. The maximum absolute atomic E-state index is 13.3. The van der Waals surface area contributed by atoms with Crippen LogP contribution in [0.2, 0.25) is 0 Å². The first-order valence-corrected chi connectivity index (χ1v) is 6.13. The maximum Gasteiger partial charge on any atom is 0.122 e. The minimum Gasteiger partial charge on any atom is -0.316 e. The first-order chi connectivity index (χ1) is 7.68. The van der Waals surface area contributed by atoms with E-state index in [0.717, 1.165) is 18.7 Å². The van der Waals surface area contributed by atoms with Gasteiger partial charge >= 0.3 is 0 Å². The molecule has 0 amide bonds. The summed E-state index contributed by atoms with van der Waals surface area (Å²) < 4.78 is 13.3. The van der Waals surface area contributed by atoms with Gasteiger partial charge in [0.25, 0.3) is 0 Å². The van der Waals surface area contributed by atoms with Crippen LogP contribution in [0.25, 0.3) is 0 Å². The van der Waals surface area contributed by atoms with E-state index in [-0.39, 0.29) is 0 Å². The van der Waals surface area contributed by atoms with Gasteiger partial charge in [-0.3, -0.25) is 0 Å².